The molecule has 2 aromatic carbocycles. The molecular weight excluding hydrogens is 347 g/mol. The van der Waals surface area contributed by atoms with Crippen LogP contribution in [0.5, 0.6) is 0 Å². The monoisotopic (exact) mass is 352 g/mol. The Labute approximate surface area is 128 Å². The van der Waals surface area contributed by atoms with Crippen LogP contribution in [0.3, 0.4) is 0 Å². The van der Waals surface area contributed by atoms with Gasteiger partial charge in [-0.25, -0.2) is 4.39 Å². The number of nitrogens with one attached hydrogen (secondary N) is 1. The molecule has 0 spiro atoms. The third-order valence-corrected chi connectivity index (χ3v) is 3.79. The highest BCUT2D eigenvalue weighted by Gasteiger charge is 2.13. The van der Waals surface area contributed by atoms with Gasteiger partial charge < -0.3 is 5.32 Å². The van der Waals surface area contributed by atoms with Crippen molar-refractivity contribution in [3.63, 3.8) is 0 Å². The molecule has 0 radical (unpaired) electrons. The van der Waals surface area contributed by atoms with Crippen LogP contribution in [-0.4, -0.2) is 5.91 Å². The van der Waals surface area contributed by atoms with Gasteiger partial charge in [0.05, 0.1) is 10.7 Å². The number of carbonyl (C=O) groups is 1. The Kier molecular flexibility index (Phi) is 4.38. The highest BCUT2D eigenvalue weighted by molar-refractivity contribution is 9.10. The minimum Gasteiger partial charge on any atom is -0.321 e. The molecule has 0 saturated carbocycles. The summed E-state index contributed by atoms with van der Waals surface area (Å²) in [5.74, 6) is -1.15. The first-order chi connectivity index (χ1) is 9.52. The van der Waals surface area contributed by atoms with E-state index in [1.807, 2.05) is 0 Å². The summed E-state index contributed by atoms with van der Waals surface area (Å²) in [5, 5.41) is 11.8. The predicted molar refractivity (Wildman–Crippen MR) is 78.2 cm³/mol. The zero-order valence-corrected chi connectivity index (χ0v) is 12.3. The summed E-state index contributed by atoms with van der Waals surface area (Å²) < 4.78 is 14.1. The predicted octanol–water partition coefficient (Wildman–Crippen LogP) is 4.37. The van der Waals surface area contributed by atoms with Crippen LogP contribution in [0.25, 0.3) is 0 Å². The van der Waals surface area contributed by atoms with Crippen LogP contribution in [0.15, 0.2) is 40.9 Å². The number of halogens is 3. The number of anilines is 1. The maximum absolute atomic E-state index is 13.4. The lowest BCUT2D eigenvalue weighted by atomic mass is 10.1. The lowest BCUT2D eigenvalue weighted by Gasteiger charge is -2.08. The maximum atomic E-state index is 13.4. The second kappa shape index (κ2) is 6.04. The van der Waals surface area contributed by atoms with E-state index in [2.05, 4.69) is 21.2 Å². The van der Waals surface area contributed by atoms with Crippen LogP contribution in [-0.2, 0) is 0 Å². The van der Waals surface area contributed by atoms with Gasteiger partial charge in [-0.15, -0.1) is 0 Å². The first-order valence-corrected chi connectivity index (χ1v) is 6.65. The summed E-state index contributed by atoms with van der Waals surface area (Å²) in [6.07, 6.45) is 0. The number of carbonyl (C=O) groups excluding carboxylic acids is 1. The second-order valence-electron chi connectivity index (χ2n) is 3.86. The van der Waals surface area contributed by atoms with Gasteiger partial charge in [0.1, 0.15) is 17.4 Å². The zero-order chi connectivity index (χ0) is 14.7. The standard InChI is InChI=1S/C14H7BrClFN2O/c15-10-5-4-8(6-11(10)16)14(20)19-13-3-1-2-12(17)9(13)7-18/h1-6H,(H,19,20). The molecule has 0 aliphatic rings. The normalized spacial score (nSPS) is 9.90. The molecule has 0 bridgehead atoms. The van der Waals surface area contributed by atoms with Crippen molar-refractivity contribution in [1.29, 1.82) is 5.26 Å². The quantitative estimate of drug-likeness (QED) is 0.872. The Morgan fingerprint density at radius 3 is 2.75 bits per heavy atom. The second-order valence-corrected chi connectivity index (χ2v) is 5.12. The molecule has 2 rings (SSSR count). The number of rotatable bonds is 2. The summed E-state index contributed by atoms with van der Waals surface area (Å²) >= 11 is 9.13. The van der Waals surface area contributed by atoms with Gasteiger partial charge in [-0.05, 0) is 46.3 Å². The lowest BCUT2D eigenvalue weighted by Crippen LogP contribution is -2.13. The molecule has 0 aliphatic heterocycles. The fraction of sp³-hybridized carbons (Fsp3) is 0. The molecule has 3 nitrogen and oxygen atoms in total. The Morgan fingerprint density at radius 1 is 1.35 bits per heavy atom. The minimum atomic E-state index is -0.681. The van der Waals surface area contributed by atoms with Crippen molar-refractivity contribution >= 4 is 39.1 Å². The number of nitriles is 1. The van der Waals surface area contributed by atoms with Gasteiger partial charge in [-0.1, -0.05) is 17.7 Å². The fourth-order valence-electron chi connectivity index (χ4n) is 1.57. The molecule has 1 N–H and O–H groups in total. The van der Waals surface area contributed by atoms with E-state index < -0.39 is 11.7 Å². The van der Waals surface area contributed by atoms with E-state index in [0.717, 1.165) is 6.07 Å². The minimum absolute atomic E-state index is 0.122. The van der Waals surface area contributed by atoms with Gasteiger partial charge >= 0.3 is 0 Å². The Bertz CT molecular complexity index is 728. The van der Waals surface area contributed by atoms with Crippen molar-refractivity contribution in [3.8, 4) is 6.07 Å². The summed E-state index contributed by atoms with van der Waals surface area (Å²) in [5.41, 5.74) is 0.229. The molecule has 20 heavy (non-hydrogen) atoms. The third-order valence-electron chi connectivity index (χ3n) is 2.56. The number of hydrogen-bond acceptors (Lipinski definition) is 2. The van der Waals surface area contributed by atoms with E-state index in [-0.39, 0.29) is 11.3 Å². The van der Waals surface area contributed by atoms with Crippen molar-refractivity contribution in [1.82, 2.24) is 0 Å². The van der Waals surface area contributed by atoms with E-state index in [1.54, 1.807) is 18.2 Å². The van der Waals surface area contributed by atoms with Gasteiger partial charge in [0.25, 0.3) is 5.91 Å². The summed E-state index contributed by atoms with van der Waals surface area (Å²) in [7, 11) is 0. The van der Waals surface area contributed by atoms with Crippen molar-refractivity contribution < 1.29 is 9.18 Å². The van der Waals surface area contributed by atoms with Gasteiger partial charge in [-0.3, -0.25) is 4.79 Å². The Morgan fingerprint density at radius 2 is 2.10 bits per heavy atom. The van der Waals surface area contributed by atoms with Crippen LogP contribution in [0, 0.1) is 17.1 Å². The van der Waals surface area contributed by atoms with Crippen molar-refractivity contribution in [2.75, 3.05) is 5.32 Å². The first-order valence-electron chi connectivity index (χ1n) is 5.48. The van der Waals surface area contributed by atoms with Crippen LogP contribution in [0.1, 0.15) is 15.9 Å². The van der Waals surface area contributed by atoms with Gasteiger partial charge in [-0.2, -0.15) is 5.26 Å². The van der Waals surface area contributed by atoms with Crippen molar-refractivity contribution in [2.45, 2.75) is 0 Å². The highest BCUT2D eigenvalue weighted by Crippen LogP contribution is 2.24. The summed E-state index contributed by atoms with van der Waals surface area (Å²) in [6, 6.07) is 10.4. The Balaban J connectivity index is 2.31. The van der Waals surface area contributed by atoms with Crippen LogP contribution < -0.4 is 5.32 Å². The molecule has 0 atom stereocenters. The molecule has 0 aliphatic carbocycles. The molecule has 0 aromatic heterocycles. The number of hydrogen-bond donors (Lipinski definition) is 1. The van der Waals surface area contributed by atoms with E-state index >= 15 is 0 Å². The molecule has 0 unspecified atom stereocenters. The Hall–Kier alpha value is -1.90. The zero-order valence-electron chi connectivity index (χ0n) is 9.95. The van der Waals surface area contributed by atoms with E-state index in [0.29, 0.717) is 15.1 Å². The molecule has 0 heterocycles. The average Bonchev–Trinajstić information content (AvgIpc) is 2.42. The first kappa shape index (κ1) is 14.5. The van der Waals surface area contributed by atoms with E-state index in [4.69, 9.17) is 16.9 Å². The van der Waals surface area contributed by atoms with Crippen LogP contribution in [0.2, 0.25) is 5.02 Å². The smallest absolute Gasteiger partial charge is 0.255 e. The van der Waals surface area contributed by atoms with Crippen LogP contribution >= 0.6 is 27.5 Å². The van der Waals surface area contributed by atoms with Gasteiger partial charge in [0.2, 0.25) is 0 Å². The topological polar surface area (TPSA) is 52.9 Å². The summed E-state index contributed by atoms with van der Waals surface area (Å²) in [4.78, 5) is 12.0. The lowest BCUT2D eigenvalue weighted by molar-refractivity contribution is 0.102. The van der Waals surface area contributed by atoms with Crippen LogP contribution in [0.4, 0.5) is 10.1 Å². The molecular formula is C14H7BrClFN2O. The average molecular weight is 354 g/mol. The largest absolute Gasteiger partial charge is 0.321 e. The number of benzene rings is 2. The third kappa shape index (κ3) is 2.98. The molecule has 1 amide bonds. The summed E-state index contributed by atoms with van der Waals surface area (Å²) in [6.45, 7) is 0. The molecule has 0 saturated heterocycles. The van der Waals surface area contributed by atoms with Crippen molar-refractivity contribution in [2.24, 2.45) is 0 Å². The molecule has 6 heteroatoms. The molecule has 0 fully saturated rings. The van der Waals surface area contributed by atoms with Crippen molar-refractivity contribution in [3.05, 3.63) is 62.8 Å². The van der Waals surface area contributed by atoms with Gasteiger partial charge in [0.15, 0.2) is 0 Å². The highest BCUT2D eigenvalue weighted by atomic mass is 79.9. The number of amides is 1. The van der Waals surface area contributed by atoms with E-state index in [9.17, 15) is 9.18 Å². The fourth-order valence-corrected chi connectivity index (χ4v) is 2.00. The molecule has 2 aromatic rings. The molecule has 100 valence electrons. The maximum Gasteiger partial charge on any atom is 0.255 e. The van der Waals surface area contributed by atoms with Gasteiger partial charge in [0, 0.05) is 10.0 Å². The number of nitrogens with zero attached hydrogens (tertiary/aromatic N) is 1. The van der Waals surface area contributed by atoms with E-state index in [1.165, 1.54) is 18.2 Å². The SMILES string of the molecule is N#Cc1c(F)cccc1NC(=O)c1ccc(Br)c(Cl)c1.